The van der Waals surface area contributed by atoms with E-state index in [9.17, 15) is 0 Å². The molecular formula is C8H13N3O. The van der Waals surface area contributed by atoms with Gasteiger partial charge in [0.2, 0.25) is 0 Å². The van der Waals surface area contributed by atoms with Crippen LogP contribution in [0, 0.1) is 0 Å². The number of nitrogens with one attached hydrogen (secondary N) is 2. The molecule has 1 fully saturated rings. The molecule has 2 heterocycles. The highest BCUT2D eigenvalue weighted by Gasteiger charge is 2.14. The Labute approximate surface area is 71.3 Å². The second-order valence-corrected chi connectivity index (χ2v) is 2.93. The molecule has 0 spiro atoms. The molecule has 1 saturated heterocycles. The van der Waals surface area contributed by atoms with Crippen molar-refractivity contribution in [2.75, 3.05) is 19.7 Å². The fraction of sp³-hybridized carbons (Fsp3) is 0.625. The number of aromatic amines is 1. The van der Waals surface area contributed by atoms with Crippen LogP contribution < -0.4 is 5.32 Å². The topological polar surface area (TPSA) is 49.9 Å². The molecule has 2 rings (SSSR count). The first kappa shape index (κ1) is 7.76. The van der Waals surface area contributed by atoms with Crippen molar-refractivity contribution in [1.29, 1.82) is 0 Å². The minimum absolute atomic E-state index is 0.148. The molecule has 12 heavy (non-hydrogen) atoms. The van der Waals surface area contributed by atoms with Gasteiger partial charge in [-0.05, 0) is 19.0 Å². The lowest BCUT2D eigenvalue weighted by molar-refractivity contribution is 0.0639. The van der Waals surface area contributed by atoms with E-state index in [-0.39, 0.29) is 6.10 Å². The van der Waals surface area contributed by atoms with Crippen LogP contribution in [0.15, 0.2) is 12.3 Å². The van der Waals surface area contributed by atoms with E-state index < -0.39 is 0 Å². The molecule has 0 amide bonds. The molecule has 1 aromatic rings. The van der Waals surface area contributed by atoms with E-state index >= 15 is 0 Å². The van der Waals surface area contributed by atoms with Gasteiger partial charge in [-0.25, -0.2) is 0 Å². The lowest BCUT2D eigenvalue weighted by Gasteiger charge is -2.11. The van der Waals surface area contributed by atoms with Crippen molar-refractivity contribution < 1.29 is 4.74 Å². The maximum atomic E-state index is 5.61. The second-order valence-electron chi connectivity index (χ2n) is 2.93. The molecule has 0 bridgehead atoms. The lowest BCUT2D eigenvalue weighted by atomic mass is 10.2. The highest BCUT2D eigenvalue weighted by molar-refractivity contribution is 5.03. The second kappa shape index (κ2) is 3.69. The van der Waals surface area contributed by atoms with Crippen LogP contribution in [0.4, 0.5) is 0 Å². The summed E-state index contributed by atoms with van der Waals surface area (Å²) in [7, 11) is 0. The van der Waals surface area contributed by atoms with Gasteiger partial charge >= 0.3 is 0 Å². The zero-order valence-corrected chi connectivity index (χ0v) is 6.92. The summed E-state index contributed by atoms with van der Waals surface area (Å²) < 4.78 is 5.61. The van der Waals surface area contributed by atoms with Gasteiger partial charge in [-0.15, -0.1) is 0 Å². The van der Waals surface area contributed by atoms with E-state index in [1.165, 1.54) is 0 Å². The van der Waals surface area contributed by atoms with Gasteiger partial charge in [0.15, 0.2) is 0 Å². The van der Waals surface area contributed by atoms with Crippen LogP contribution >= 0.6 is 0 Å². The first-order valence-corrected chi connectivity index (χ1v) is 4.28. The molecule has 0 aliphatic carbocycles. The Hall–Kier alpha value is -0.870. The van der Waals surface area contributed by atoms with Crippen molar-refractivity contribution >= 4 is 0 Å². The summed E-state index contributed by atoms with van der Waals surface area (Å²) in [6.45, 7) is 2.75. The molecule has 1 aromatic heterocycles. The van der Waals surface area contributed by atoms with E-state index in [1.54, 1.807) is 6.20 Å². The van der Waals surface area contributed by atoms with Gasteiger partial charge in [0, 0.05) is 19.3 Å². The summed E-state index contributed by atoms with van der Waals surface area (Å²) in [4.78, 5) is 0. The highest BCUT2D eigenvalue weighted by atomic mass is 16.5. The maximum absolute atomic E-state index is 5.61. The summed E-state index contributed by atoms with van der Waals surface area (Å²) in [5, 5.41) is 10.1. The van der Waals surface area contributed by atoms with Crippen LogP contribution in [0.5, 0.6) is 0 Å². The number of nitrogens with zero attached hydrogens (tertiary/aromatic N) is 1. The Morgan fingerprint density at radius 1 is 1.58 bits per heavy atom. The number of hydrogen-bond donors (Lipinski definition) is 2. The van der Waals surface area contributed by atoms with Crippen molar-refractivity contribution in [3.63, 3.8) is 0 Å². The van der Waals surface area contributed by atoms with Gasteiger partial charge in [-0.3, -0.25) is 5.10 Å². The van der Waals surface area contributed by atoms with E-state index in [2.05, 4.69) is 15.5 Å². The third kappa shape index (κ3) is 1.65. The summed E-state index contributed by atoms with van der Waals surface area (Å²) >= 11 is 0. The SMILES string of the molecule is c1cc([C@H]2CNCCCO2)[nH]n1. The van der Waals surface area contributed by atoms with Gasteiger partial charge in [-0.2, -0.15) is 5.10 Å². The summed E-state index contributed by atoms with van der Waals surface area (Å²) in [6, 6.07) is 1.96. The fourth-order valence-electron chi connectivity index (χ4n) is 1.36. The maximum Gasteiger partial charge on any atom is 0.111 e. The van der Waals surface area contributed by atoms with E-state index in [0.29, 0.717) is 0 Å². The van der Waals surface area contributed by atoms with Crippen molar-refractivity contribution in [3.8, 4) is 0 Å². The Bertz CT molecular complexity index is 214. The predicted octanol–water partition coefficient (Wildman–Crippen LogP) is 0.461. The van der Waals surface area contributed by atoms with Crippen molar-refractivity contribution in [2.45, 2.75) is 12.5 Å². The molecule has 1 aliphatic heterocycles. The van der Waals surface area contributed by atoms with E-state index in [1.807, 2.05) is 6.07 Å². The third-order valence-electron chi connectivity index (χ3n) is 2.02. The van der Waals surface area contributed by atoms with Gasteiger partial charge in [-0.1, -0.05) is 0 Å². The van der Waals surface area contributed by atoms with Crippen LogP contribution in [-0.4, -0.2) is 29.9 Å². The molecule has 4 nitrogen and oxygen atoms in total. The number of hydrogen-bond acceptors (Lipinski definition) is 3. The van der Waals surface area contributed by atoms with Crippen molar-refractivity contribution in [3.05, 3.63) is 18.0 Å². The van der Waals surface area contributed by atoms with Gasteiger partial charge in [0.05, 0.1) is 5.69 Å². The van der Waals surface area contributed by atoms with Gasteiger partial charge in [0.25, 0.3) is 0 Å². The van der Waals surface area contributed by atoms with Gasteiger partial charge < -0.3 is 10.1 Å². The Kier molecular flexibility index (Phi) is 2.39. The van der Waals surface area contributed by atoms with Crippen LogP contribution in [0.1, 0.15) is 18.2 Å². The first-order valence-electron chi connectivity index (χ1n) is 4.28. The zero-order chi connectivity index (χ0) is 8.23. The van der Waals surface area contributed by atoms with Crippen LogP contribution in [-0.2, 0) is 4.74 Å². The minimum atomic E-state index is 0.148. The number of aromatic nitrogens is 2. The predicted molar refractivity (Wildman–Crippen MR) is 44.8 cm³/mol. The standard InChI is InChI=1S/C8H13N3O/c1-3-9-6-8(12-5-1)7-2-4-10-11-7/h2,4,8-9H,1,3,5-6H2,(H,10,11)/t8-/m1/s1. The molecular weight excluding hydrogens is 154 g/mol. The Morgan fingerprint density at radius 2 is 2.58 bits per heavy atom. The molecule has 1 atom stereocenters. The molecule has 2 N–H and O–H groups in total. The molecule has 4 heteroatoms. The third-order valence-corrected chi connectivity index (χ3v) is 2.02. The Morgan fingerprint density at radius 3 is 3.42 bits per heavy atom. The summed E-state index contributed by atoms with van der Waals surface area (Å²) in [5.74, 6) is 0. The smallest absolute Gasteiger partial charge is 0.111 e. The van der Waals surface area contributed by atoms with E-state index in [4.69, 9.17) is 4.74 Å². The van der Waals surface area contributed by atoms with Gasteiger partial charge in [0.1, 0.15) is 6.10 Å². The molecule has 66 valence electrons. The average molecular weight is 167 g/mol. The zero-order valence-electron chi connectivity index (χ0n) is 6.92. The molecule has 0 radical (unpaired) electrons. The normalized spacial score (nSPS) is 25.2. The first-order chi connectivity index (χ1) is 5.97. The monoisotopic (exact) mass is 167 g/mol. The van der Waals surface area contributed by atoms with Crippen molar-refractivity contribution in [2.24, 2.45) is 0 Å². The molecule has 0 aromatic carbocycles. The molecule has 0 saturated carbocycles. The number of rotatable bonds is 1. The average Bonchev–Trinajstić information content (AvgIpc) is 2.48. The largest absolute Gasteiger partial charge is 0.371 e. The van der Waals surface area contributed by atoms with Crippen LogP contribution in [0.25, 0.3) is 0 Å². The lowest BCUT2D eigenvalue weighted by Crippen LogP contribution is -2.20. The number of H-pyrrole nitrogens is 1. The Balaban J connectivity index is 2.02. The van der Waals surface area contributed by atoms with Crippen molar-refractivity contribution in [1.82, 2.24) is 15.5 Å². The summed E-state index contributed by atoms with van der Waals surface area (Å²) in [6.07, 6.45) is 2.99. The summed E-state index contributed by atoms with van der Waals surface area (Å²) in [5.41, 5.74) is 1.06. The van der Waals surface area contributed by atoms with E-state index in [0.717, 1.165) is 31.8 Å². The number of ether oxygens (including phenoxy) is 1. The highest BCUT2D eigenvalue weighted by Crippen LogP contribution is 2.14. The van der Waals surface area contributed by atoms with Crippen LogP contribution in [0.2, 0.25) is 0 Å². The quantitative estimate of drug-likeness (QED) is 0.639. The fourth-order valence-corrected chi connectivity index (χ4v) is 1.36. The molecule has 0 unspecified atom stereocenters. The minimum Gasteiger partial charge on any atom is -0.371 e. The van der Waals surface area contributed by atoms with Crippen LogP contribution in [0.3, 0.4) is 0 Å². The molecule has 1 aliphatic rings.